The number of aromatic hydroxyl groups is 1. The highest BCUT2D eigenvalue weighted by molar-refractivity contribution is 5.71. The van der Waals surface area contributed by atoms with Crippen LogP contribution in [0, 0.1) is 0 Å². The van der Waals surface area contributed by atoms with Gasteiger partial charge in [-0.05, 0) is 31.0 Å². The molecule has 1 fully saturated rings. The van der Waals surface area contributed by atoms with Crippen LogP contribution in [0.4, 0.5) is 5.69 Å². The number of nitrogens with zero attached hydrogens (tertiary/aromatic N) is 1. The van der Waals surface area contributed by atoms with Gasteiger partial charge in [-0.1, -0.05) is 0 Å². The Labute approximate surface area is 100 Å². The quantitative estimate of drug-likeness (QED) is 0.837. The Morgan fingerprint density at radius 3 is 2.53 bits per heavy atom. The molecular weight excluding hydrogens is 218 g/mol. The van der Waals surface area contributed by atoms with Crippen LogP contribution in [0.5, 0.6) is 5.75 Å². The lowest BCUT2D eigenvalue weighted by Crippen LogP contribution is -2.15. The standard InChI is InChI=1S/C13H17NO3/c1-14(2)9-3-4-11(15)10(7-9)13(5-6-13)8-12(16)17/h3-4,7,15H,5-6,8H2,1-2H3,(H,16,17). The minimum Gasteiger partial charge on any atom is -0.508 e. The van der Waals surface area contributed by atoms with Crippen LogP contribution >= 0.6 is 0 Å². The van der Waals surface area contributed by atoms with Gasteiger partial charge in [0.1, 0.15) is 5.75 Å². The minimum absolute atomic E-state index is 0.0947. The van der Waals surface area contributed by atoms with E-state index >= 15 is 0 Å². The second-order valence-electron chi connectivity index (χ2n) is 4.95. The number of benzene rings is 1. The van der Waals surface area contributed by atoms with Crippen LogP contribution in [-0.4, -0.2) is 30.3 Å². The largest absolute Gasteiger partial charge is 0.508 e. The van der Waals surface area contributed by atoms with Gasteiger partial charge in [0.15, 0.2) is 0 Å². The molecule has 4 heteroatoms. The van der Waals surface area contributed by atoms with Gasteiger partial charge in [0, 0.05) is 30.8 Å². The van der Waals surface area contributed by atoms with Crippen molar-refractivity contribution in [3.63, 3.8) is 0 Å². The second kappa shape index (κ2) is 3.95. The summed E-state index contributed by atoms with van der Waals surface area (Å²) in [6.45, 7) is 0. The molecule has 1 aliphatic rings. The van der Waals surface area contributed by atoms with E-state index in [4.69, 9.17) is 5.11 Å². The summed E-state index contributed by atoms with van der Waals surface area (Å²) in [5, 5.41) is 18.8. The number of rotatable bonds is 4. The second-order valence-corrected chi connectivity index (χ2v) is 4.95. The van der Waals surface area contributed by atoms with E-state index in [1.54, 1.807) is 6.07 Å². The minimum atomic E-state index is -0.808. The molecule has 1 aromatic carbocycles. The molecule has 92 valence electrons. The van der Waals surface area contributed by atoms with Crippen LogP contribution < -0.4 is 4.90 Å². The predicted molar refractivity (Wildman–Crippen MR) is 65.6 cm³/mol. The lowest BCUT2D eigenvalue weighted by Gasteiger charge is -2.19. The van der Waals surface area contributed by atoms with Crippen LogP contribution in [0.3, 0.4) is 0 Å². The van der Waals surface area contributed by atoms with E-state index in [2.05, 4.69) is 0 Å². The van der Waals surface area contributed by atoms with Crippen molar-refractivity contribution >= 4 is 11.7 Å². The first-order valence-corrected chi connectivity index (χ1v) is 5.67. The van der Waals surface area contributed by atoms with Crippen molar-refractivity contribution in [3.05, 3.63) is 23.8 Å². The van der Waals surface area contributed by atoms with Crippen LogP contribution in [0.15, 0.2) is 18.2 Å². The first-order valence-electron chi connectivity index (χ1n) is 5.67. The number of hydrogen-bond acceptors (Lipinski definition) is 3. The summed E-state index contributed by atoms with van der Waals surface area (Å²) < 4.78 is 0. The smallest absolute Gasteiger partial charge is 0.304 e. The Morgan fingerprint density at radius 2 is 2.06 bits per heavy atom. The molecule has 0 heterocycles. The fourth-order valence-electron chi connectivity index (χ4n) is 2.21. The van der Waals surface area contributed by atoms with Gasteiger partial charge >= 0.3 is 5.97 Å². The highest BCUT2D eigenvalue weighted by Crippen LogP contribution is 2.54. The Morgan fingerprint density at radius 1 is 1.41 bits per heavy atom. The van der Waals surface area contributed by atoms with E-state index in [0.29, 0.717) is 0 Å². The molecule has 1 aromatic rings. The molecule has 0 saturated heterocycles. The lowest BCUT2D eigenvalue weighted by molar-refractivity contribution is -0.137. The number of carboxylic acids is 1. The van der Waals surface area contributed by atoms with Crippen molar-refractivity contribution in [3.8, 4) is 5.75 Å². The number of carbonyl (C=O) groups is 1. The van der Waals surface area contributed by atoms with E-state index in [0.717, 1.165) is 24.1 Å². The predicted octanol–water partition coefficient (Wildman–Crippen LogP) is 1.96. The fourth-order valence-corrected chi connectivity index (χ4v) is 2.21. The molecular formula is C13H17NO3. The monoisotopic (exact) mass is 235 g/mol. The third kappa shape index (κ3) is 2.20. The van der Waals surface area contributed by atoms with Gasteiger partial charge in [-0.3, -0.25) is 4.79 Å². The number of hydrogen-bond donors (Lipinski definition) is 2. The number of aliphatic carboxylic acids is 1. The lowest BCUT2D eigenvalue weighted by atomic mass is 9.91. The summed E-state index contributed by atoms with van der Waals surface area (Å²) in [5.74, 6) is -0.605. The molecule has 0 radical (unpaired) electrons. The van der Waals surface area contributed by atoms with Crippen LogP contribution in [0.2, 0.25) is 0 Å². The highest BCUT2D eigenvalue weighted by Gasteiger charge is 2.47. The Kier molecular flexibility index (Phi) is 2.73. The van der Waals surface area contributed by atoms with E-state index in [1.807, 2.05) is 31.1 Å². The molecule has 2 N–H and O–H groups in total. The van der Waals surface area contributed by atoms with E-state index in [9.17, 15) is 9.90 Å². The van der Waals surface area contributed by atoms with Crippen molar-refractivity contribution in [2.24, 2.45) is 0 Å². The van der Waals surface area contributed by atoms with Gasteiger partial charge in [-0.25, -0.2) is 0 Å². The molecule has 0 amide bonds. The van der Waals surface area contributed by atoms with Crippen molar-refractivity contribution in [1.82, 2.24) is 0 Å². The summed E-state index contributed by atoms with van der Waals surface area (Å²) in [6, 6.07) is 5.37. The third-order valence-electron chi connectivity index (χ3n) is 3.41. The molecule has 1 aliphatic carbocycles. The third-order valence-corrected chi connectivity index (χ3v) is 3.41. The maximum atomic E-state index is 10.9. The van der Waals surface area contributed by atoms with Crippen LogP contribution in [-0.2, 0) is 10.2 Å². The van der Waals surface area contributed by atoms with Gasteiger partial charge in [0.2, 0.25) is 0 Å². The summed E-state index contributed by atoms with van der Waals surface area (Å²) in [6.07, 6.45) is 1.77. The molecule has 0 aliphatic heterocycles. The van der Waals surface area contributed by atoms with E-state index in [1.165, 1.54) is 0 Å². The molecule has 0 spiro atoms. The van der Waals surface area contributed by atoms with Crippen LogP contribution in [0.1, 0.15) is 24.8 Å². The van der Waals surface area contributed by atoms with Gasteiger partial charge < -0.3 is 15.1 Å². The molecule has 0 aromatic heterocycles. The number of carboxylic acid groups (broad SMARTS) is 1. The summed E-state index contributed by atoms with van der Waals surface area (Å²) in [5.41, 5.74) is 1.41. The normalized spacial score (nSPS) is 16.6. The molecule has 4 nitrogen and oxygen atoms in total. The Hall–Kier alpha value is -1.71. The molecule has 0 unspecified atom stereocenters. The summed E-state index contributed by atoms with van der Waals surface area (Å²) in [4.78, 5) is 12.8. The zero-order valence-corrected chi connectivity index (χ0v) is 10.1. The molecule has 2 rings (SSSR count). The molecule has 1 saturated carbocycles. The zero-order chi connectivity index (χ0) is 12.6. The first kappa shape index (κ1) is 11.8. The fraction of sp³-hybridized carbons (Fsp3) is 0.462. The zero-order valence-electron chi connectivity index (χ0n) is 10.1. The topological polar surface area (TPSA) is 60.8 Å². The number of phenolic OH excluding ortho intramolecular Hbond substituents is 1. The summed E-state index contributed by atoms with van der Waals surface area (Å²) in [7, 11) is 3.85. The van der Waals surface area contributed by atoms with Crippen molar-refractivity contribution in [2.75, 3.05) is 19.0 Å². The van der Waals surface area contributed by atoms with Crippen molar-refractivity contribution in [2.45, 2.75) is 24.7 Å². The molecule has 0 bridgehead atoms. The number of phenols is 1. The molecule has 0 atom stereocenters. The Balaban J connectivity index is 2.37. The first-order chi connectivity index (χ1) is 7.94. The molecule has 17 heavy (non-hydrogen) atoms. The average Bonchev–Trinajstić information content (AvgIpc) is 2.97. The van der Waals surface area contributed by atoms with Gasteiger partial charge in [-0.2, -0.15) is 0 Å². The SMILES string of the molecule is CN(C)c1ccc(O)c(C2(CC(=O)O)CC2)c1. The average molecular weight is 235 g/mol. The van der Waals surface area contributed by atoms with Crippen LogP contribution in [0.25, 0.3) is 0 Å². The van der Waals surface area contributed by atoms with Gasteiger partial charge in [-0.15, -0.1) is 0 Å². The number of anilines is 1. The van der Waals surface area contributed by atoms with E-state index < -0.39 is 5.97 Å². The van der Waals surface area contributed by atoms with E-state index in [-0.39, 0.29) is 17.6 Å². The Bertz CT molecular complexity index is 450. The maximum Gasteiger partial charge on any atom is 0.304 e. The van der Waals surface area contributed by atoms with Crippen molar-refractivity contribution in [1.29, 1.82) is 0 Å². The maximum absolute atomic E-state index is 10.9. The van der Waals surface area contributed by atoms with Gasteiger partial charge in [0.05, 0.1) is 6.42 Å². The van der Waals surface area contributed by atoms with Crippen molar-refractivity contribution < 1.29 is 15.0 Å². The van der Waals surface area contributed by atoms with Gasteiger partial charge in [0.25, 0.3) is 0 Å². The summed E-state index contributed by atoms with van der Waals surface area (Å²) >= 11 is 0. The highest BCUT2D eigenvalue weighted by atomic mass is 16.4.